The maximum absolute atomic E-state index is 5.85. The molecular weight excluding hydrogens is 226 g/mol. The highest BCUT2D eigenvalue weighted by atomic mass is 35.5. The molecular formula is C11H16ClN3O. The standard InChI is InChI=1S/C11H16ClN3O/c1-15-6-5-13-7-9(15)8-3-4-10(12)14-11(8)16-2/h3-4,9,13H,5-7H2,1-2H3. The number of aromatic nitrogens is 1. The molecule has 1 aromatic heterocycles. The first-order valence-electron chi connectivity index (χ1n) is 5.33. The van der Waals surface area contributed by atoms with Gasteiger partial charge in [-0.05, 0) is 19.2 Å². The lowest BCUT2D eigenvalue weighted by Crippen LogP contribution is -2.43. The van der Waals surface area contributed by atoms with Crippen molar-refractivity contribution in [3.8, 4) is 5.88 Å². The number of ether oxygens (including phenoxy) is 1. The monoisotopic (exact) mass is 241 g/mol. The van der Waals surface area contributed by atoms with Gasteiger partial charge in [0, 0.05) is 25.2 Å². The molecule has 0 aromatic carbocycles. The van der Waals surface area contributed by atoms with E-state index in [4.69, 9.17) is 16.3 Å². The van der Waals surface area contributed by atoms with Gasteiger partial charge in [0.05, 0.1) is 13.2 Å². The van der Waals surface area contributed by atoms with E-state index in [1.165, 1.54) is 0 Å². The highest BCUT2D eigenvalue weighted by Crippen LogP contribution is 2.28. The summed E-state index contributed by atoms with van der Waals surface area (Å²) in [5.41, 5.74) is 1.08. The van der Waals surface area contributed by atoms with Crippen LogP contribution in [0.2, 0.25) is 5.15 Å². The summed E-state index contributed by atoms with van der Waals surface area (Å²) < 4.78 is 5.28. The first kappa shape index (κ1) is 11.6. The van der Waals surface area contributed by atoms with Gasteiger partial charge in [0.1, 0.15) is 5.15 Å². The van der Waals surface area contributed by atoms with E-state index in [1.54, 1.807) is 7.11 Å². The molecule has 1 aliphatic rings. The summed E-state index contributed by atoms with van der Waals surface area (Å²) in [7, 11) is 3.73. The van der Waals surface area contributed by atoms with Crippen LogP contribution >= 0.6 is 11.6 Å². The van der Waals surface area contributed by atoms with Crippen LogP contribution in [-0.2, 0) is 0 Å². The van der Waals surface area contributed by atoms with Crippen LogP contribution < -0.4 is 10.1 Å². The molecule has 0 radical (unpaired) electrons. The van der Waals surface area contributed by atoms with E-state index >= 15 is 0 Å². The van der Waals surface area contributed by atoms with E-state index in [9.17, 15) is 0 Å². The molecule has 1 saturated heterocycles. The van der Waals surface area contributed by atoms with E-state index < -0.39 is 0 Å². The van der Waals surface area contributed by atoms with E-state index in [0.29, 0.717) is 17.1 Å². The molecule has 0 amide bonds. The van der Waals surface area contributed by atoms with Crippen LogP contribution in [0.4, 0.5) is 0 Å². The van der Waals surface area contributed by atoms with Crippen molar-refractivity contribution in [3.05, 3.63) is 22.8 Å². The molecule has 1 unspecified atom stereocenters. The third-order valence-corrected chi connectivity index (χ3v) is 3.13. The van der Waals surface area contributed by atoms with Crippen molar-refractivity contribution in [2.75, 3.05) is 33.8 Å². The fraction of sp³-hybridized carbons (Fsp3) is 0.545. The molecule has 2 rings (SSSR count). The van der Waals surface area contributed by atoms with Crippen molar-refractivity contribution in [1.29, 1.82) is 0 Å². The van der Waals surface area contributed by atoms with Crippen LogP contribution in [0.5, 0.6) is 5.88 Å². The molecule has 5 heteroatoms. The van der Waals surface area contributed by atoms with Gasteiger partial charge in [-0.1, -0.05) is 11.6 Å². The SMILES string of the molecule is COc1nc(Cl)ccc1C1CNCCN1C. The zero-order chi connectivity index (χ0) is 11.5. The number of nitrogens with one attached hydrogen (secondary N) is 1. The number of hydrogen-bond acceptors (Lipinski definition) is 4. The Morgan fingerprint density at radius 1 is 1.56 bits per heavy atom. The Morgan fingerprint density at radius 2 is 2.38 bits per heavy atom. The number of methoxy groups -OCH3 is 1. The van der Waals surface area contributed by atoms with Gasteiger partial charge in [-0.25, -0.2) is 4.98 Å². The van der Waals surface area contributed by atoms with Gasteiger partial charge in [0.2, 0.25) is 5.88 Å². The Labute approximate surface area is 101 Å². The summed E-state index contributed by atoms with van der Waals surface area (Å²) in [5, 5.41) is 3.84. The van der Waals surface area contributed by atoms with Gasteiger partial charge in [-0.3, -0.25) is 4.90 Å². The van der Waals surface area contributed by atoms with Crippen molar-refractivity contribution in [2.24, 2.45) is 0 Å². The summed E-state index contributed by atoms with van der Waals surface area (Å²) in [5.74, 6) is 0.619. The summed E-state index contributed by atoms with van der Waals surface area (Å²) in [4.78, 5) is 6.49. The highest BCUT2D eigenvalue weighted by Gasteiger charge is 2.24. The summed E-state index contributed by atoms with van der Waals surface area (Å²) in [6, 6.07) is 4.10. The van der Waals surface area contributed by atoms with Gasteiger partial charge in [-0.2, -0.15) is 0 Å². The highest BCUT2D eigenvalue weighted by molar-refractivity contribution is 6.29. The minimum atomic E-state index is 0.300. The largest absolute Gasteiger partial charge is 0.481 e. The van der Waals surface area contributed by atoms with Crippen molar-refractivity contribution in [2.45, 2.75) is 6.04 Å². The Morgan fingerprint density at radius 3 is 3.06 bits per heavy atom. The number of nitrogens with zero attached hydrogens (tertiary/aromatic N) is 2. The van der Waals surface area contributed by atoms with Crippen molar-refractivity contribution in [1.82, 2.24) is 15.2 Å². The van der Waals surface area contributed by atoms with E-state index in [2.05, 4.69) is 22.2 Å². The minimum Gasteiger partial charge on any atom is -0.481 e. The lowest BCUT2D eigenvalue weighted by atomic mass is 10.1. The molecule has 1 aliphatic heterocycles. The number of pyridine rings is 1. The van der Waals surface area contributed by atoms with Crippen LogP contribution in [-0.4, -0.2) is 43.7 Å². The summed E-state index contributed by atoms with van der Waals surface area (Å²) >= 11 is 5.85. The molecule has 0 saturated carbocycles. The molecule has 1 atom stereocenters. The predicted molar refractivity (Wildman–Crippen MR) is 64.0 cm³/mol. The van der Waals surface area contributed by atoms with Crippen LogP contribution in [0.25, 0.3) is 0 Å². The van der Waals surface area contributed by atoms with E-state index in [0.717, 1.165) is 25.2 Å². The fourth-order valence-electron chi connectivity index (χ4n) is 2.00. The Hall–Kier alpha value is -0.840. The lowest BCUT2D eigenvalue weighted by molar-refractivity contribution is 0.197. The van der Waals surface area contributed by atoms with E-state index in [1.807, 2.05) is 12.1 Å². The van der Waals surface area contributed by atoms with Crippen molar-refractivity contribution < 1.29 is 4.74 Å². The predicted octanol–water partition coefficient (Wildman–Crippen LogP) is 1.32. The van der Waals surface area contributed by atoms with Crippen LogP contribution in [0, 0.1) is 0 Å². The van der Waals surface area contributed by atoms with Crippen LogP contribution in [0.3, 0.4) is 0 Å². The second kappa shape index (κ2) is 4.99. The normalized spacial score (nSPS) is 22.1. The zero-order valence-corrected chi connectivity index (χ0v) is 10.3. The number of hydrogen-bond donors (Lipinski definition) is 1. The fourth-order valence-corrected chi connectivity index (χ4v) is 2.14. The lowest BCUT2D eigenvalue weighted by Gasteiger charge is -2.33. The Bertz CT molecular complexity index is 372. The van der Waals surface area contributed by atoms with Crippen LogP contribution in [0.1, 0.15) is 11.6 Å². The first-order chi connectivity index (χ1) is 7.72. The van der Waals surface area contributed by atoms with Gasteiger partial charge in [0.15, 0.2) is 0 Å². The van der Waals surface area contributed by atoms with Gasteiger partial charge in [0.25, 0.3) is 0 Å². The number of likely N-dealkylation sites (N-methyl/N-ethyl adjacent to an activating group) is 1. The number of rotatable bonds is 2. The molecule has 1 N–H and O–H groups in total. The molecule has 0 bridgehead atoms. The third kappa shape index (κ3) is 2.29. The summed E-state index contributed by atoms with van der Waals surface area (Å²) in [6.07, 6.45) is 0. The van der Waals surface area contributed by atoms with Gasteiger partial charge >= 0.3 is 0 Å². The van der Waals surface area contributed by atoms with Gasteiger partial charge in [-0.15, -0.1) is 0 Å². The molecule has 0 aliphatic carbocycles. The number of halogens is 1. The second-order valence-corrected chi connectivity index (χ2v) is 4.32. The molecule has 1 aromatic rings. The zero-order valence-electron chi connectivity index (χ0n) is 9.53. The maximum atomic E-state index is 5.85. The summed E-state index contributed by atoms with van der Waals surface area (Å²) in [6.45, 7) is 2.96. The number of piperazine rings is 1. The molecule has 16 heavy (non-hydrogen) atoms. The average molecular weight is 242 g/mol. The maximum Gasteiger partial charge on any atom is 0.219 e. The molecule has 4 nitrogen and oxygen atoms in total. The first-order valence-corrected chi connectivity index (χ1v) is 5.71. The Balaban J connectivity index is 2.30. The van der Waals surface area contributed by atoms with Crippen molar-refractivity contribution in [3.63, 3.8) is 0 Å². The van der Waals surface area contributed by atoms with E-state index in [-0.39, 0.29) is 0 Å². The molecule has 1 fully saturated rings. The molecule has 0 spiro atoms. The molecule has 2 heterocycles. The quantitative estimate of drug-likeness (QED) is 0.793. The van der Waals surface area contributed by atoms with Gasteiger partial charge < -0.3 is 10.1 Å². The second-order valence-electron chi connectivity index (χ2n) is 3.93. The average Bonchev–Trinajstić information content (AvgIpc) is 2.30. The van der Waals surface area contributed by atoms with Crippen molar-refractivity contribution >= 4 is 11.6 Å². The topological polar surface area (TPSA) is 37.4 Å². The minimum absolute atomic E-state index is 0.300. The Kier molecular flexibility index (Phi) is 3.63. The van der Waals surface area contributed by atoms with Crippen LogP contribution in [0.15, 0.2) is 12.1 Å². The third-order valence-electron chi connectivity index (χ3n) is 2.92. The molecule has 88 valence electrons. The smallest absolute Gasteiger partial charge is 0.219 e.